The summed E-state index contributed by atoms with van der Waals surface area (Å²) in [6.07, 6.45) is 1.75. The van der Waals surface area contributed by atoms with E-state index in [1.165, 1.54) is 17.7 Å². The third-order valence-electron chi connectivity index (χ3n) is 4.25. The molecule has 3 rings (SSSR count). The lowest BCUT2D eigenvalue weighted by atomic mass is 9.95. The second kappa shape index (κ2) is 7.99. The molecule has 1 atom stereocenters. The van der Waals surface area contributed by atoms with E-state index >= 15 is 0 Å². The van der Waals surface area contributed by atoms with Gasteiger partial charge in [-0.1, -0.05) is 54.4 Å². The van der Waals surface area contributed by atoms with Crippen LogP contribution in [-0.2, 0) is 6.42 Å². The zero-order chi connectivity index (χ0) is 17.8. The Kier molecular flexibility index (Phi) is 5.72. The van der Waals surface area contributed by atoms with Gasteiger partial charge in [0.1, 0.15) is 5.82 Å². The van der Waals surface area contributed by atoms with E-state index < -0.39 is 0 Å². The van der Waals surface area contributed by atoms with E-state index in [-0.39, 0.29) is 5.82 Å². The Morgan fingerprint density at radius 1 is 1.00 bits per heavy atom. The van der Waals surface area contributed by atoms with Crippen LogP contribution in [0.25, 0.3) is 11.3 Å². The first-order valence-corrected chi connectivity index (χ1v) is 8.95. The maximum absolute atomic E-state index is 13.5. The van der Waals surface area contributed by atoms with Crippen LogP contribution in [0.5, 0.6) is 0 Å². The highest BCUT2D eigenvalue weighted by Gasteiger charge is 2.10. The average molecular weight is 374 g/mol. The molecule has 0 spiro atoms. The highest BCUT2D eigenvalue weighted by molar-refractivity contribution is 6.33. The molecule has 0 saturated carbocycles. The van der Waals surface area contributed by atoms with E-state index in [4.69, 9.17) is 23.2 Å². The van der Waals surface area contributed by atoms with E-state index in [2.05, 4.69) is 18.0 Å². The molecular weight excluding hydrogens is 356 g/mol. The zero-order valence-electron chi connectivity index (χ0n) is 13.8. The average Bonchev–Trinajstić information content (AvgIpc) is 2.60. The van der Waals surface area contributed by atoms with E-state index in [1.54, 1.807) is 6.07 Å². The van der Waals surface area contributed by atoms with Crippen LogP contribution < -0.4 is 0 Å². The smallest absolute Gasteiger partial charge is 0.123 e. The molecule has 0 radical (unpaired) electrons. The largest absolute Gasteiger partial charge is 0.251 e. The number of benzene rings is 2. The van der Waals surface area contributed by atoms with Crippen molar-refractivity contribution in [3.8, 4) is 11.3 Å². The summed E-state index contributed by atoms with van der Waals surface area (Å²) in [7, 11) is 0. The van der Waals surface area contributed by atoms with Crippen molar-refractivity contribution in [2.45, 2.75) is 25.7 Å². The van der Waals surface area contributed by atoms with Gasteiger partial charge in [-0.25, -0.2) is 4.39 Å². The molecule has 4 heteroatoms. The summed E-state index contributed by atoms with van der Waals surface area (Å²) in [6, 6.07) is 18.0. The molecule has 3 aromatic rings. The fraction of sp³-hybridized carbons (Fsp3) is 0.190. The number of aromatic nitrogens is 1. The molecule has 1 aromatic heterocycles. The second-order valence-corrected chi connectivity index (χ2v) is 6.98. The van der Waals surface area contributed by atoms with Crippen LogP contribution in [0.15, 0.2) is 60.7 Å². The van der Waals surface area contributed by atoms with Crippen LogP contribution in [-0.4, -0.2) is 4.98 Å². The predicted molar refractivity (Wildman–Crippen MR) is 103 cm³/mol. The van der Waals surface area contributed by atoms with Crippen molar-refractivity contribution in [3.05, 3.63) is 87.8 Å². The van der Waals surface area contributed by atoms with E-state index in [0.717, 1.165) is 23.6 Å². The van der Waals surface area contributed by atoms with Gasteiger partial charge >= 0.3 is 0 Å². The molecule has 0 aliphatic rings. The minimum Gasteiger partial charge on any atom is -0.251 e. The van der Waals surface area contributed by atoms with Gasteiger partial charge in [0.25, 0.3) is 0 Å². The minimum atomic E-state index is -0.296. The Hall–Kier alpha value is -1.90. The molecule has 0 saturated heterocycles. The molecule has 0 aliphatic heterocycles. The topological polar surface area (TPSA) is 12.9 Å². The normalized spacial score (nSPS) is 12.2. The molecule has 25 heavy (non-hydrogen) atoms. The van der Waals surface area contributed by atoms with E-state index in [9.17, 15) is 4.39 Å². The Morgan fingerprint density at radius 3 is 2.56 bits per heavy atom. The van der Waals surface area contributed by atoms with Crippen molar-refractivity contribution in [2.24, 2.45) is 0 Å². The lowest BCUT2D eigenvalue weighted by Crippen LogP contribution is -1.99. The van der Waals surface area contributed by atoms with Crippen LogP contribution in [0, 0.1) is 5.82 Å². The third kappa shape index (κ3) is 4.59. The molecule has 0 aliphatic carbocycles. The minimum absolute atomic E-state index is 0.296. The first kappa shape index (κ1) is 17.9. The van der Waals surface area contributed by atoms with Crippen LogP contribution in [0.1, 0.15) is 30.5 Å². The van der Waals surface area contributed by atoms with Crippen LogP contribution >= 0.6 is 23.2 Å². The van der Waals surface area contributed by atoms with Gasteiger partial charge in [0.05, 0.1) is 10.7 Å². The second-order valence-electron chi connectivity index (χ2n) is 6.14. The van der Waals surface area contributed by atoms with Crippen LogP contribution in [0.2, 0.25) is 10.0 Å². The Balaban J connectivity index is 1.76. The number of halogens is 3. The van der Waals surface area contributed by atoms with Gasteiger partial charge in [-0.05, 0) is 60.7 Å². The summed E-state index contributed by atoms with van der Waals surface area (Å²) in [5.74, 6) is 0.0733. The Labute approximate surface area is 157 Å². The summed E-state index contributed by atoms with van der Waals surface area (Å²) >= 11 is 12.3. The van der Waals surface area contributed by atoms with E-state index in [0.29, 0.717) is 22.2 Å². The molecule has 0 N–H and O–H groups in total. The number of hydrogen-bond donors (Lipinski definition) is 0. The van der Waals surface area contributed by atoms with Crippen LogP contribution in [0.4, 0.5) is 4.39 Å². The number of rotatable bonds is 5. The third-order valence-corrected chi connectivity index (χ3v) is 4.79. The maximum atomic E-state index is 13.5. The lowest BCUT2D eigenvalue weighted by Gasteiger charge is -2.13. The molecule has 0 fully saturated rings. The molecular formula is C21H18Cl2FN. The molecule has 0 bridgehead atoms. The summed E-state index contributed by atoms with van der Waals surface area (Å²) in [4.78, 5) is 4.64. The van der Waals surface area contributed by atoms with E-state index in [1.807, 2.05) is 36.4 Å². The Bertz CT molecular complexity index is 879. The van der Waals surface area contributed by atoms with Crippen molar-refractivity contribution in [1.29, 1.82) is 0 Å². The fourth-order valence-electron chi connectivity index (χ4n) is 2.80. The zero-order valence-corrected chi connectivity index (χ0v) is 15.4. The van der Waals surface area contributed by atoms with Crippen molar-refractivity contribution in [2.75, 3.05) is 0 Å². The van der Waals surface area contributed by atoms with Crippen LogP contribution in [0.3, 0.4) is 0 Å². The first-order valence-electron chi connectivity index (χ1n) is 8.20. The predicted octanol–water partition coefficient (Wildman–Crippen LogP) is 6.93. The summed E-state index contributed by atoms with van der Waals surface area (Å²) in [6.45, 7) is 2.18. The van der Waals surface area contributed by atoms with Gasteiger partial charge in [-0.15, -0.1) is 0 Å². The maximum Gasteiger partial charge on any atom is 0.123 e. The monoisotopic (exact) mass is 373 g/mol. The quantitative estimate of drug-likeness (QED) is 0.472. The summed E-state index contributed by atoms with van der Waals surface area (Å²) in [5, 5.41) is 1.28. The van der Waals surface area contributed by atoms with Crippen molar-refractivity contribution in [1.82, 2.24) is 4.98 Å². The van der Waals surface area contributed by atoms with Gasteiger partial charge < -0.3 is 0 Å². The molecule has 2 aromatic carbocycles. The van der Waals surface area contributed by atoms with Gasteiger partial charge in [0.15, 0.2) is 0 Å². The van der Waals surface area contributed by atoms with Gasteiger partial charge in [0, 0.05) is 16.3 Å². The first-order chi connectivity index (χ1) is 12.0. The highest BCUT2D eigenvalue weighted by atomic mass is 35.5. The van der Waals surface area contributed by atoms with Crippen molar-refractivity contribution >= 4 is 23.2 Å². The van der Waals surface area contributed by atoms with Crippen molar-refractivity contribution < 1.29 is 4.39 Å². The lowest BCUT2D eigenvalue weighted by molar-refractivity contribution is 0.628. The SMILES string of the molecule is C[C@@H](CCc1ccc(Cl)c(-c2cccc(F)c2)n1)c1cccc(Cl)c1. The molecule has 128 valence electrons. The number of aryl methyl sites for hydroxylation is 1. The molecule has 1 nitrogen and oxygen atoms in total. The standard InChI is InChI=1S/C21H18Cl2FN/c1-14(15-4-2-6-17(22)12-15)8-9-19-10-11-20(23)21(25-19)16-5-3-7-18(24)13-16/h2-7,10-14H,8-9H2,1H3/t14-/m0/s1. The molecule has 1 heterocycles. The molecule has 0 unspecified atom stereocenters. The molecule has 0 amide bonds. The van der Waals surface area contributed by atoms with Gasteiger partial charge in [-0.3, -0.25) is 4.98 Å². The summed E-state index contributed by atoms with van der Waals surface area (Å²) in [5.41, 5.74) is 3.47. The number of hydrogen-bond acceptors (Lipinski definition) is 1. The van der Waals surface area contributed by atoms with Crippen molar-refractivity contribution in [3.63, 3.8) is 0 Å². The Morgan fingerprint density at radius 2 is 1.80 bits per heavy atom. The van der Waals surface area contributed by atoms with Gasteiger partial charge in [0.2, 0.25) is 0 Å². The number of nitrogens with zero attached hydrogens (tertiary/aromatic N) is 1. The van der Waals surface area contributed by atoms with Gasteiger partial charge in [-0.2, -0.15) is 0 Å². The highest BCUT2D eigenvalue weighted by Crippen LogP contribution is 2.28. The number of pyridine rings is 1. The summed E-state index contributed by atoms with van der Waals surface area (Å²) < 4.78 is 13.5. The fourth-order valence-corrected chi connectivity index (χ4v) is 3.22.